The third-order valence-electron chi connectivity index (χ3n) is 2.07. The summed E-state index contributed by atoms with van der Waals surface area (Å²) in [6, 6.07) is 9.73. The summed E-state index contributed by atoms with van der Waals surface area (Å²) in [7, 11) is 0. The summed E-state index contributed by atoms with van der Waals surface area (Å²) in [5.74, 6) is -1.94. The Morgan fingerprint density at radius 2 is 1.50 bits per heavy atom. The number of hydrogen-bond acceptors (Lipinski definition) is 3. The van der Waals surface area contributed by atoms with Crippen molar-refractivity contribution >= 4 is 16.7 Å². The van der Waals surface area contributed by atoms with Crippen molar-refractivity contribution in [2.45, 2.75) is 0 Å². The van der Waals surface area contributed by atoms with E-state index in [9.17, 15) is 15.0 Å². The molecule has 0 aliphatic rings. The number of rotatable bonds is 1. The topological polar surface area (TPSA) is 63.2 Å². The second-order valence-electron chi connectivity index (χ2n) is 2.98. The molecule has 3 nitrogen and oxygen atoms in total. The van der Waals surface area contributed by atoms with Crippen molar-refractivity contribution < 1.29 is 74.1 Å². The standard InChI is InChI=1S/C11H8O3.2Na/c12-10-6-8-4-2-1-3-7(8)5-9(10)11(13)14;;/h1-6,12H,(H,13,14);;/q;2*+1/p-2. The molecule has 5 heteroatoms. The molecule has 16 heavy (non-hydrogen) atoms. The molecule has 0 saturated carbocycles. The molecule has 0 amide bonds. The fourth-order valence-corrected chi connectivity index (χ4v) is 1.38. The van der Waals surface area contributed by atoms with E-state index >= 15 is 0 Å². The Morgan fingerprint density at radius 1 is 1.00 bits per heavy atom. The van der Waals surface area contributed by atoms with Crippen molar-refractivity contribution in [2.24, 2.45) is 0 Å². The maximum atomic E-state index is 11.3. The molecule has 70 valence electrons. The number of carboxylic acids is 1. The van der Waals surface area contributed by atoms with Crippen LogP contribution in [0.1, 0.15) is 10.4 Å². The van der Waals surface area contributed by atoms with Gasteiger partial charge in [-0.2, -0.15) is 0 Å². The number of aromatic carboxylic acids is 1. The van der Waals surface area contributed by atoms with Crippen LogP contribution in [0.4, 0.5) is 0 Å². The molecule has 2 rings (SSSR count). The van der Waals surface area contributed by atoms with Crippen molar-refractivity contribution in [3.05, 3.63) is 42.0 Å². The van der Waals surface area contributed by atoms with Crippen LogP contribution in [0.25, 0.3) is 10.8 Å². The van der Waals surface area contributed by atoms with Crippen LogP contribution in [-0.2, 0) is 0 Å². The normalized spacial score (nSPS) is 9.00. The fourth-order valence-electron chi connectivity index (χ4n) is 1.38. The van der Waals surface area contributed by atoms with Gasteiger partial charge in [0.25, 0.3) is 0 Å². The van der Waals surface area contributed by atoms with E-state index in [2.05, 4.69) is 0 Å². The van der Waals surface area contributed by atoms with Crippen molar-refractivity contribution in [3.8, 4) is 5.75 Å². The third kappa shape index (κ3) is 3.23. The van der Waals surface area contributed by atoms with Gasteiger partial charge >= 0.3 is 59.1 Å². The van der Waals surface area contributed by atoms with Crippen LogP contribution in [-0.4, -0.2) is 5.97 Å². The summed E-state index contributed by atoms with van der Waals surface area (Å²) in [5.41, 5.74) is -0.288. The minimum atomic E-state index is -1.43. The molecule has 0 aromatic heterocycles. The van der Waals surface area contributed by atoms with Crippen LogP contribution in [0.2, 0.25) is 0 Å². The van der Waals surface area contributed by atoms with Gasteiger partial charge in [-0.15, -0.1) is 0 Å². The molecule has 0 saturated heterocycles. The van der Waals surface area contributed by atoms with Crippen LogP contribution in [0.5, 0.6) is 5.75 Å². The van der Waals surface area contributed by atoms with Crippen LogP contribution in [0, 0.1) is 0 Å². The van der Waals surface area contributed by atoms with Gasteiger partial charge in [-0.25, -0.2) is 0 Å². The maximum Gasteiger partial charge on any atom is 1.00 e. The molecule has 0 unspecified atom stereocenters. The van der Waals surface area contributed by atoms with E-state index in [0.29, 0.717) is 0 Å². The Morgan fingerprint density at radius 3 is 2.00 bits per heavy atom. The Kier molecular flexibility index (Phi) is 6.63. The Labute approximate surface area is 137 Å². The summed E-state index contributed by atoms with van der Waals surface area (Å²) in [5, 5.41) is 23.3. The van der Waals surface area contributed by atoms with E-state index < -0.39 is 11.7 Å². The van der Waals surface area contributed by atoms with Gasteiger partial charge in [0.2, 0.25) is 0 Å². The quantitative estimate of drug-likeness (QED) is 0.460. The van der Waals surface area contributed by atoms with Crippen LogP contribution >= 0.6 is 0 Å². The van der Waals surface area contributed by atoms with Gasteiger partial charge in [0.1, 0.15) is 0 Å². The maximum absolute atomic E-state index is 11.3. The number of carboxylic acid groups (broad SMARTS) is 1. The van der Waals surface area contributed by atoms with Gasteiger partial charge in [-0.1, -0.05) is 36.1 Å². The van der Waals surface area contributed by atoms with E-state index in [1.54, 1.807) is 24.3 Å². The van der Waals surface area contributed by atoms with Gasteiger partial charge in [-0.05, 0) is 22.4 Å². The van der Waals surface area contributed by atoms with E-state index in [-0.39, 0.29) is 64.7 Å². The molecule has 0 radical (unpaired) electrons. The van der Waals surface area contributed by atoms with Crippen LogP contribution in [0.3, 0.4) is 0 Å². The first-order valence-electron chi connectivity index (χ1n) is 4.09. The number of hydrogen-bond donors (Lipinski definition) is 0. The molecule has 2 aromatic carbocycles. The first kappa shape index (κ1) is 16.0. The third-order valence-corrected chi connectivity index (χ3v) is 2.07. The molecule has 0 spiro atoms. The fraction of sp³-hybridized carbons (Fsp3) is 0. The van der Waals surface area contributed by atoms with E-state index in [4.69, 9.17) is 0 Å². The van der Waals surface area contributed by atoms with Crippen molar-refractivity contribution in [3.63, 3.8) is 0 Å². The van der Waals surface area contributed by atoms with Crippen LogP contribution in [0.15, 0.2) is 36.4 Å². The van der Waals surface area contributed by atoms with Gasteiger partial charge in [0.05, 0.1) is 5.97 Å². The molecule has 0 atom stereocenters. The Bertz CT molecular complexity index is 512. The molecule has 0 bridgehead atoms. The molecule has 0 fully saturated rings. The zero-order chi connectivity index (χ0) is 10.1. The van der Waals surface area contributed by atoms with Gasteiger partial charge in [-0.3, -0.25) is 0 Å². The Balaban J connectivity index is 0.00000112. The molecule has 2 aromatic rings. The predicted molar refractivity (Wildman–Crippen MR) is 47.7 cm³/mol. The second kappa shape index (κ2) is 6.64. The van der Waals surface area contributed by atoms with Gasteiger partial charge in [0, 0.05) is 0 Å². The van der Waals surface area contributed by atoms with E-state index in [1.165, 1.54) is 12.1 Å². The summed E-state index contributed by atoms with van der Waals surface area (Å²) >= 11 is 0. The second-order valence-corrected chi connectivity index (χ2v) is 2.98. The largest absolute Gasteiger partial charge is 1.00 e. The minimum absolute atomic E-state index is 0. The van der Waals surface area contributed by atoms with Crippen molar-refractivity contribution in [1.29, 1.82) is 0 Å². The Hall–Kier alpha value is -0.0300. The average Bonchev–Trinajstić information content (AvgIpc) is 2.16. The number of carbonyl (C=O) groups is 1. The summed E-state index contributed by atoms with van der Waals surface area (Å²) in [6.45, 7) is 0. The molecule has 0 N–H and O–H groups in total. The first-order valence-corrected chi connectivity index (χ1v) is 4.09. The zero-order valence-corrected chi connectivity index (χ0v) is 13.2. The number of benzene rings is 2. The summed E-state index contributed by atoms with van der Waals surface area (Å²) in [6.07, 6.45) is 0. The summed E-state index contributed by atoms with van der Waals surface area (Å²) in [4.78, 5) is 10.6. The van der Waals surface area contributed by atoms with Crippen molar-refractivity contribution in [2.75, 3.05) is 0 Å². The molecule has 0 heterocycles. The smallest absolute Gasteiger partial charge is 0.872 e. The molecular formula is C11H6Na2O3. The molecular weight excluding hydrogens is 226 g/mol. The van der Waals surface area contributed by atoms with E-state index in [0.717, 1.165) is 10.8 Å². The SMILES string of the molecule is O=C([O-])c1cc2ccccc2cc1[O-].[Na+].[Na+]. The first-order chi connectivity index (χ1) is 6.68. The van der Waals surface area contributed by atoms with Crippen molar-refractivity contribution in [1.82, 2.24) is 0 Å². The molecule has 0 aliphatic heterocycles. The number of fused-ring (bicyclic) bond motifs is 1. The molecule has 0 aliphatic carbocycles. The van der Waals surface area contributed by atoms with Gasteiger partial charge in [0.15, 0.2) is 0 Å². The summed E-state index contributed by atoms with van der Waals surface area (Å²) < 4.78 is 0. The van der Waals surface area contributed by atoms with E-state index in [1.807, 2.05) is 0 Å². The van der Waals surface area contributed by atoms with Gasteiger partial charge < -0.3 is 15.0 Å². The average molecular weight is 232 g/mol. The number of carbonyl (C=O) groups excluding carboxylic acids is 1. The monoisotopic (exact) mass is 232 g/mol. The van der Waals surface area contributed by atoms with Crippen LogP contribution < -0.4 is 69.3 Å². The minimum Gasteiger partial charge on any atom is -0.872 e. The zero-order valence-electron chi connectivity index (χ0n) is 9.19. The predicted octanol–water partition coefficient (Wildman–Crippen LogP) is -5.72.